The largest absolute Gasteiger partial charge is 0.398 e. The molecule has 7 heteroatoms. The lowest BCUT2D eigenvalue weighted by Crippen LogP contribution is -2.46. The lowest BCUT2D eigenvalue weighted by molar-refractivity contribution is 0.141. The highest BCUT2D eigenvalue weighted by Gasteiger charge is 2.27. The average Bonchev–Trinajstić information content (AvgIpc) is 2.23. The number of methoxy groups -OCH3 is 1. The first-order valence-corrected chi connectivity index (χ1v) is 7.54. The van der Waals surface area contributed by atoms with Crippen LogP contribution in [0.1, 0.15) is 19.4 Å². The Kier molecular flexibility index (Phi) is 4.84. The SMILES string of the molecule is COCC(C)(C)NS(=O)(=O)c1cc(N)c(C)c(Cl)c1. The molecule has 0 aliphatic rings. The molecule has 0 bridgehead atoms. The number of nitrogens with one attached hydrogen (secondary N) is 1. The molecule has 1 aromatic carbocycles. The lowest BCUT2D eigenvalue weighted by Gasteiger charge is -2.25. The third kappa shape index (κ3) is 4.07. The van der Waals surface area contributed by atoms with E-state index in [0.29, 0.717) is 16.3 Å². The molecule has 108 valence electrons. The summed E-state index contributed by atoms with van der Waals surface area (Å²) in [5.41, 5.74) is 6.03. The molecule has 0 atom stereocenters. The second-order valence-electron chi connectivity index (χ2n) is 5.04. The molecule has 19 heavy (non-hydrogen) atoms. The van der Waals surface area contributed by atoms with Crippen LogP contribution in [0.2, 0.25) is 5.02 Å². The van der Waals surface area contributed by atoms with Crippen LogP contribution in [-0.2, 0) is 14.8 Å². The summed E-state index contributed by atoms with van der Waals surface area (Å²) >= 11 is 5.96. The summed E-state index contributed by atoms with van der Waals surface area (Å²) in [4.78, 5) is 0.0461. The van der Waals surface area contributed by atoms with Crippen molar-refractivity contribution in [2.45, 2.75) is 31.2 Å². The van der Waals surface area contributed by atoms with E-state index in [1.54, 1.807) is 20.8 Å². The summed E-state index contributed by atoms with van der Waals surface area (Å²) in [7, 11) is -2.19. The molecule has 0 spiro atoms. The summed E-state index contributed by atoms with van der Waals surface area (Å²) in [6.45, 7) is 5.44. The first-order chi connectivity index (χ1) is 8.59. The number of hydrogen-bond donors (Lipinski definition) is 2. The van der Waals surface area contributed by atoms with E-state index in [4.69, 9.17) is 22.1 Å². The Morgan fingerprint density at radius 2 is 2.00 bits per heavy atom. The van der Waals surface area contributed by atoms with Gasteiger partial charge in [-0.25, -0.2) is 13.1 Å². The minimum absolute atomic E-state index is 0.0461. The van der Waals surface area contributed by atoms with Crippen molar-refractivity contribution in [1.29, 1.82) is 0 Å². The highest BCUT2D eigenvalue weighted by Crippen LogP contribution is 2.26. The number of hydrogen-bond acceptors (Lipinski definition) is 4. The molecule has 1 aromatic rings. The van der Waals surface area contributed by atoms with Gasteiger partial charge in [0.05, 0.1) is 17.0 Å². The van der Waals surface area contributed by atoms with Gasteiger partial charge in [-0.2, -0.15) is 0 Å². The topological polar surface area (TPSA) is 81.4 Å². The number of nitrogen functional groups attached to an aromatic ring is 1. The van der Waals surface area contributed by atoms with Gasteiger partial charge in [0.25, 0.3) is 0 Å². The van der Waals surface area contributed by atoms with Crippen molar-refractivity contribution in [2.24, 2.45) is 0 Å². The van der Waals surface area contributed by atoms with Crippen LogP contribution in [0.25, 0.3) is 0 Å². The zero-order valence-electron chi connectivity index (χ0n) is 11.5. The van der Waals surface area contributed by atoms with Crippen molar-refractivity contribution >= 4 is 27.3 Å². The van der Waals surface area contributed by atoms with Crippen LogP contribution in [0.3, 0.4) is 0 Å². The average molecular weight is 307 g/mol. The zero-order chi connectivity index (χ0) is 14.8. The van der Waals surface area contributed by atoms with Gasteiger partial charge in [0, 0.05) is 17.8 Å². The van der Waals surface area contributed by atoms with E-state index in [9.17, 15) is 8.42 Å². The van der Waals surface area contributed by atoms with Crippen LogP contribution in [0.5, 0.6) is 0 Å². The predicted molar refractivity (Wildman–Crippen MR) is 76.9 cm³/mol. The third-order valence-electron chi connectivity index (χ3n) is 2.58. The van der Waals surface area contributed by atoms with E-state index >= 15 is 0 Å². The van der Waals surface area contributed by atoms with E-state index in [-0.39, 0.29) is 11.5 Å². The van der Waals surface area contributed by atoms with Gasteiger partial charge >= 0.3 is 0 Å². The van der Waals surface area contributed by atoms with E-state index in [1.165, 1.54) is 19.2 Å². The first-order valence-electron chi connectivity index (χ1n) is 5.67. The molecule has 0 aliphatic carbocycles. The fourth-order valence-electron chi connectivity index (χ4n) is 1.64. The molecule has 0 aromatic heterocycles. The smallest absolute Gasteiger partial charge is 0.241 e. The minimum atomic E-state index is -3.70. The first kappa shape index (κ1) is 16.2. The fourth-order valence-corrected chi connectivity index (χ4v) is 3.39. The molecule has 0 fully saturated rings. The molecule has 0 amide bonds. The molecule has 0 saturated carbocycles. The molecular weight excluding hydrogens is 288 g/mol. The van der Waals surface area contributed by atoms with Crippen LogP contribution >= 0.6 is 11.6 Å². The van der Waals surface area contributed by atoms with Gasteiger partial charge in [-0.1, -0.05) is 11.6 Å². The Balaban J connectivity index is 3.15. The Morgan fingerprint density at radius 1 is 1.42 bits per heavy atom. The lowest BCUT2D eigenvalue weighted by atomic mass is 10.1. The standard InChI is InChI=1S/C12H19ClN2O3S/c1-8-10(13)5-9(6-11(8)14)19(16,17)15-12(2,3)7-18-4/h5-6,15H,7,14H2,1-4H3. The summed E-state index contributed by atoms with van der Waals surface area (Å²) in [5.74, 6) is 0. The van der Waals surface area contributed by atoms with Crippen LogP contribution in [0, 0.1) is 6.92 Å². The molecular formula is C12H19ClN2O3S. The Morgan fingerprint density at radius 3 is 2.47 bits per heavy atom. The normalized spacial score (nSPS) is 12.7. The third-order valence-corrected chi connectivity index (χ3v) is 4.65. The molecule has 0 saturated heterocycles. The highest BCUT2D eigenvalue weighted by molar-refractivity contribution is 7.89. The number of benzene rings is 1. The molecule has 0 aliphatic heterocycles. The van der Waals surface area contributed by atoms with Gasteiger partial charge < -0.3 is 10.5 Å². The van der Waals surface area contributed by atoms with Crippen molar-refractivity contribution in [1.82, 2.24) is 4.72 Å². The predicted octanol–water partition coefficient (Wildman–Crippen LogP) is 1.93. The van der Waals surface area contributed by atoms with Crippen LogP contribution < -0.4 is 10.5 Å². The Hall–Kier alpha value is -0.820. The summed E-state index contributed by atoms with van der Waals surface area (Å²) < 4.78 is 32.0. The van der Waals surface area contributed by atoms with Crippen molar-refractivity contribution in [3.63, 3.8) is 0 Å². The van der Waals surface area contributed by atoms with Crippen molar-refractivity contribution < 1.29 is 13.2 Å². The van der Waals surface area contributed by atoms with Crippen LogP contribution in [0.4, 0.5) is 5.69 Å². The monoisotopic (exact) mass is 306 g/mol. The second kappa shape index (κ2) is 5.66. The highest BCUT2D eigenvalue weighted by atomic mass is 35.5. The number of ether oxygens (including phenoxy) is 1. The number of rotatable bonds is 5. The van der Waals surface area contributed by atoms with Gasteiger partial charge in [0.1, 0.15) is 0 Å². The van der Waals surface area contributed by atoms with Crippen molar-refractivity contribution in [3.8, 4) is 0 Å². The maximum atomic E-state index is 12.3. The number of sulfonamides is 1. The molecule has 0 unspecified atom stereocenters. The Labute approximate surface area is 119 Å². The minimum Gasteiger partial charge on any atom is -0.398 e. The van der Waals surface area contributed by atoms with Gasteiger partial charge in [0.15, 0.2) is 0 Å². The van der Waals surface area contributed by atoms with E-state index in [2.05, 4.69) is 4.72 Å². The number of anilines is 1. The second-order valence-corrected chi connectivity index (χ2v) is 7.13. The maximum absolute atomic E-state index is 12.3. The van der Waals surface area contributed by atoms with Crippen molar-refractivity contribution in [2.75, 3.05) is 19.5 Å². The Bertz CT molecular complexity index is 547. The van der Waals surface area contributed by atoms with Crippen LogP contribution in [-0.4, -0.2) is 27.7 Å². The maximum Gasteiger partial charge on any atom is 0.241 e. The molecule has 1 rings (SSSR count). The molecule has 3 N–H and O–H groups in total. The summed E-state index contributed by atoms with van der Waals surface area (Å²) in [6, 6.07) is 2.78. The zero-order valence-corrected chi connectivity index (χ0v) is 13.0. The van der Waals surface area contributed by atoms with E-state index in [1.807, 2.05) is 0 Å². The van der Waals surface area contributed by atoms with Crippen molar-refractivity contribution in [3.05, 3.63) is 22.7 Å². The number of halogens is 1. The van der Waals surface area contributed by atoms with Gasteiger partial charge in [-0.05, 0) is 38.5 Å². The summed E-state index contributed by atoms with van der Waals surface area (Å²) in [6.07, 6.45) is 0. The van der Waals surface area contributed by atoms with Gasteiger partial charge in [-0.15, -0.1) is 0 Å². The molecule has 5 nitrogen and oxygen atoms in total. The van der Waals surface area contributed by atoms with Gasteiger partial charge in [0.2, 0.25) is 10.0 Å². The summed E-state index contributed by atoms with van der Waals surface area (Å²) in [5, 5.41) is 0.324. The number of nitrogens with two attached hydrogens (primary N) is 1. The van der Waals surface area contributed by atoms with E-state index in [0.717, 1.165) is 0 Å². The molecule has 0 heterocycles. The van der Waals surface area contributed by atoms with Gasteiger partial charge in [-0.3, -0.25) is 0 Å². The van der Waals surface area contributed by atoms with Crippen LogP contribution in [0.15, 0.2) is 17.0 Å². The quantitative estimate of drug-likeness (QED) is 0.815. The van der Waals surface area contributed by atoms with E-state index < -0.39 is 15.6 Å². The molecule has 0 radical (unpaired) electrons. The fraction of sp³-hybridized carbons (Fsp3) is 0.500.